The fourth-order valence-corrected chi connectivity index (χ4v) is 2.71. The summed E-state index contributed by atoms with van der Waals surface area (Å²) >= 11 is 5.48. The summed E-state index contributed by atoms with van der Waals surface area (Å²) in [5.41, 5.74) is -1.61. The maximum atomic E-state index is 12.6. The molecule has 0 amide bonds. The second-order valence-electron chi connectivity index (χ2n) is 3.90. The Kier molecular flexibility index (Phi) is 4.11. The number of nitrogens with zero attached hydrogens (tertiary/aromatic N) is 1. The molecule has 0 saturated heterocycles. The molecule has 21 heavy (non-hydrogen) atoms. The van der Waals surface area contributed by atoms with Gasteiger partial charge in [-0.05, 0) is 30.3 Å². The van der Waals surface area contributed by atoms with Gasteiger partial charge in [0.05, 0.1) is 10.6 Å². The number of aromatic nitrogens is 1. The minimum atomic E-state index is -4.73. The van der Waals surface area contributed by atoms with Crippen LogP contribution in [0.2, 0.25) is 5.15 Å². The summed E-state index contributed by atoms with van der Waals surface area (Å²) in [7, 11) is -4.02. The van der Waals surface area contributed by atoms with Gasteiger partial charge in [0.2, 0.25) is 0 Å². The minimum Gasteiger partial charge on any atom is -0.279 e. The first kappa shape index (κ1) is 15.6. The molecule has 1 N–H and O–H groups in total. The molecular formula is C12H7ClF3N2O2S. The molecule has 0 atom stereocenters. The lowest BCUT2D eigenvalue weighted by Crippen LogP contribution is -2.15. The molecule has 1 aromatic heterocycles. The molecule has 0 spiro atoms. The van der Waals surface area contributed by atoms with Gasteiger partial charge in [0, 0.05) is 0 Å². The number of nitrogens with one attached hydrogen (secondary N) is 1. The molecule has 0 saturated carbocycles. The highest BCUT2D eigenvalue weighted by Crippen LogP contribution is 2.31. The van der Waals surface area contributed by atoms with Crippen molar-refractivity contribution in [2.45, 2.75) is 11.1 Å². The molecular weight excluding hydrogens is 329 g/mol. The third-order valence-corrected chi connectivity index (χ3v) is 3.93. The molecule has 0 bridgehead atoms. The second-order valence-corrected chi connectivity index (χ2v) is 5.97. The second kappa shape index (κ2) is 5.53. The molecule has 1 aromatic carbocycles. The summed E-state index contributed by atoms with van der Waals surface area (Å²) in [5, 5.41) is -0.469. The van der Waals surface area contributed by atoms with E-state index in [1.54, 1.807) is 0 Å². The van der Waals surface area contributed by atoms with E-state index in [0.717, 1.165) is 6.07 Å². The molecule has 0 fully saturated rings. The molecule has 0 unspecified atom stereocenters. The fourth-order valence-electron chi connectivity index (χ4n) is 1.47. The van der Waals surface area contributed by atoms with E-state index in [4.69, 9.17) is 11.6 Å². The van der Waals surface area contributed by atoms with Crippen molar-refractivity contribution in [1.82, 2.24) is 4.98 Å². The fraction of sp³-hybridized carbons (Fsp3) is 0.0833. The summed E-state index contributed by atoms with van der Waals surface area (Å²) in [6.07, 6.45) is -4.73. The van der Waals surface area contributed by atoms with Crippen LogP contribution in [0.1, 0.15) is 5.69 Å². The average molecular weight is 336 g/mol. The van der Waals surface area contributed by atoms with Gasteiger partial charge in [0.15, 0.2) is 0 Å². The van der Waals surface area contributed by atoms with E-state index in [0.29, 0.717) is 6.07 Å². The number of benzene rings is 1. The highest BCUT2D eigenvalue weighted by atomic mass is 35.5. The Labute approximate surface area is 123 Å². The van der Waals surface area contributed by atoms with Crippen molar-refractivity contribution in [3.8, 4) is 0 Å². The summed E-state index contributed by atoms with van der Waals surface area (Å²) in [6.45, 7) is 0. The molecule has 0 aliphatic heterocycles. The van der Waals surface area contributed by atoms with Gasteiger partial charge in [-0.2, -0.15) is 13.2 Å². The van der Waals surface area contributed by atoms with Crippen molar-refractivity contribution in [2.24, 2.45) is 0 Å². The first-order chi connectivity index (χ1) is 9.68. The van der Waals surface area contributed by atoms with Gasteiger partial charge in [0.1, 0.15) is 10.8 Å². The largest absolute Gasteiger partial charge is 0.433 e. The van der Waals surface area contributed by atoms with Gasteiger partial charge in [-0.1, -0.05) is 23.7 Å². The lowest BCUT2D eigenvalue weighted by Gasteiger charge is -2.11. The predicted molar refractivity (Wildman–Crippen MR) is 70.3 cm³/mol. The number of alkyl halides is 3. The van der Waals surface area contributed by atoms with Crippen molar-refractivity contribution in [3.05, 3.63) is 53.3 Å². The molecule has 1 radical (unpaired) electrons. The number of pyridine rings is 1. The van der Waals surface area contributed by atoms with Crippen LogP contribution >= 0.6 is 11.6 Å². The van der Waals surface area contributed by atoms with Crippen molar-refractivity contribution < 1.29 is 21.6 Å². The van der Waals surface area contributed by atoms with E-state index in [9.17, 15) is 21.6 Å². The summed E-state index contributed by atoms with van der Waals surface area (Å²) in [4.78, 5) is 3.00. The first-order valence-electron chi connectivity index (χ1n) is 5.42. The summed E-state index contributed by atoms with van der Waals surface area (Å²) in [6, 6.07) is 9.45. The van der Waals surface area contributed by atoms with Crippen LogP contribution in [0.3, 0.4) is 0 Å². The van der Waals surface area contributed by atoms with Gasteiger partial charge >= 0.3 is 6.18 Å². The summed E-state index contributed by atoms with van der Waals surface area (Å²) < 4.78 is 63.8. The van der Waals surface area contributed by atoms with Gasteiger partial charge in [-0.3, -0.25) is 4.72 Å². The van der Waals surface area contributed by atoms with Crippen LogP contribution in [-0.2, 0) is 16.2 Å². The van der Waals surface area contributed by atoms with E-state index < -0.39 is 27.0 Å². The molecule has 1 heterocycles. The quantitative estimate of drug-likeness (QED) is 0.875. The number of hydrogen-bond acceptors (Lipinski definition) is 3. The van der Waals surface area contributed by atoms with E-state index in [1.807, 2.05) is 4.72 Å². The smallest absolute Gasteiger partial charge is 0.279 e. The van der Waals surface area contributed by atoms with Gasteiger partial charge in [-0.25, -0.2) is 13.4 Å². The van der Waals surface area contributed by atoms with Crippen molar-refractivity contribution in [2.75, 3.05) is 4.72 Å². The van der Waals surface area contributed by atoms with Crippen LogP contribution in [0.5, 0.6) is 0 Å². The van der Waals surface area contributed by atoms with Gasteiger partial charge in [-0.15, -0.1) is 0 Å². The lowest BCUT2D eigenvalue weighted by molar-refractivity contribution is -0.141. The molecule has 9 heteroatoms. The Balaban J connectivity index is 2.38. The van der Waals surface area contributed by atoms with Crippen LogP contribution in [0, 0.1) is 6.07 Å². The van der Waals surface area contributed by atoms with E-state index in [1.165, 1.54) is 24.3 Å². The molecule has 4 nitrogen and oxygen atoms in total. The molecule has 2 aromatic rings. The van der Waals surface area contributed by atoms with Gasteiger partial charge < -0.3 is 0 Å². The zero-order chi connectivity index (χ0) is 15.7. The zero-order valence-electron chi connectivity index (χ0n) is 10.1. The maximum absolute atomic E-state index is 12.6. The Morgan fingerprint density at radius 2 is 1.81 bits per heavy atom. The van der Waals surface area contributed by atoms with Crippen LogP contribution in [0.15, 0.2) is 41.3 Å². The van der Waals surface area contributed by atoms with E-state index in [-0.39, 0.29) is 10.6 Å². The topological polar surface area (TPSA) is 59.1 Å². The number of hydrogen-bond donors (Lipinski definition) is 1. The number of sulfonamides is 1. The maximum Gasteiger partial charge on any atom is 0.433 e. The normalized spacial score (nSPS) is 12.2. The number of anilines is 1. The Hall–Kier alpha value is -1.80. The predicted octanol–water partition coefficient (Wildman–Crippen LogP) is 3.35. The highest BCUT2D eigenvalue weighted by molar-refractivity contribution is 7.92. The SMILES string of the molecule is O=S(=O)(Nc1cc(Cl)nc(C(F)(F)F)c1)c1cc[c]cc1. The van der Waals surface area contributed by atoms with E-state index in [2.05, 4.69) is 11.1 Å². The Morgan fingerprint density at radius 3 is 2.38 bits per heavy atom. The van der Waals surface area contributed by atoms with E-state index >= 15 is 0 Å². The van der Waals surface area contributed by atoms with Crippen LogP contribution < -0.4 is 4.72 Å². The van der Waals surface area contributed by atoms with Gasteiger partial charge in [0.25, 0.3) is 10.0 Å². The summed E-state index contributed by atoms with van der Waals surface area (Å²) in [5.74, 6) is 0. The Morgan fingerprint density at radius 1 is 1.19 bits per heavy atom. The number of halogens is 4. The molecule has 2 rings (SSSR count). The highest BCUT2D eigenvalue weighted by Gasteiger charge is 2.33. The van der Waals surface area contributed by atoms with Crippen molar-refractivity contribution >= 4 is 27.3 Å². The molecule has 0 aliphatic rings. The molecule has 0 aliphatic carbocycles. The Bertz CT molecular complexity index is 749. The standard InChI is InChI=1S/C12H7ClF3N2O2S/c13-11-7-8(6-10(17-11)12(14,15)16)18-21(19,20)9-4-2-1-3-5-9/h2-7H,(H,17,18). The monoisotopic (exact) mass is 335 g/mol. The van der Waals surface area contributed by atoms with Crippen molar-refractivity contribution in [3.63, 3.8) is 0 Å². The lowest BCUT2D eigenvalue weighted by atomic mass is 10.3. The zero-order valence-corrected chi connectivity index (χ0v) is 11.7. The first-order valence-corrected chi connectivity index (χ1v) is 7.28. The molecule has 111 valence electrons. The third-order valence-electron chi connectivity index (χ3n) is 2.33. The number of rotatable bonds is 3. The third kappa shape index (κ3) is 3.85. The van der Waals surface area contributed by atoms with Crippen molar-refractivity contribution in [1.29, 1.82) is 0 Å². The van der Waals surface area contributed by atoms with Crippen LogP contribution in [-0.4, -0.2) is 13.4 Å². The minimum absolute atomic E-state index is 0.109. The van der Waals surface area contributed by atoms with Crippen LogP contribution in [0.4, 0.5) is 18.9 Å². The van der Waals surface area contributed by atoms with Crippen LogP contribution in [0.25, 0.3) is 0 Å². The average Bonchev–Trinajstić information content (AvgIpc) is 2.37.